The topological polar surface area (TPSA) is 64.8 Å². The molecule has 0 aliphatic heterocycles. The van der Waals surface area contributed by atoms with E-state index in [2.05, 4.69) is 10.5 Å². The Hall–Kier alpha value is -3.54. The Kier molecular flexibility index (Phi) is 6.11. The number of hydrogen-bond acceptors (Lipinski definition) is 4. The maximum absolute atomic E-state index is 12.6. The largest absolute Gasteiger partial charge is 0.493 e. The molecule has 0 unspecified atom stereocenters. The number of rotatable bonds is 7. The molecular formula is C22H23N3O3. The van der Waals surface area contributed by atoms with E-state index in [1.54, 1.807) is 20.3 Å². The van der Waals surface area contributed by atoms with Crippen LogP contribution in [0.5, 0.6) is 11.5 Å². The molecular weight excluding hydrogens is 354 g/mol. The van der Waals surface area contributed by atoms with Crippen LogP contribution in [0.4, 0.5) is 0 Å². The van der Waals surface area contributed by atoms with Crippen LogP contribution in [-0.2, 0) is 6.42 Å². The van der Waals surface area contributed by atoms with Gasteiger partial charge >= 0.3 is 0 Å². The fourth-order valence-corrected chi connectivity index (χ4v) is 2.92. The van der Waals surface area contributed by atoms with E-state index in [4.69, 9.17) is 9.47 Å². The van der Waals surface area contributed by atoms with Gasteiger partial charge in [0.15, 0.2) is 11.5 Å². The van der Waals surface area contributed by atoms with Crippen molar-refractivity contribution in [3.05, 3.63) is 78.1 Å². The zero-order valence-electron chi connectivity index (χ0n) is 16.2. The molecule has 0 aliphatic carbocycles. The van der Waals surface area contributed by atoms with Crippen molar-refractivity contribution in [2.24, 2.45) is 5.10 Å². The van der Waals surface area contributed by atoms with Gasteiger partial charge < -0.3 is 14.0 Å². The Balaban J connectivity index is 1.71. The number of aromatic nitrogens is 1. The highest BCUT2D eigenvalue weighted by Gasteiger charge is 2.11. The lowest BCUT2D eigenvalue weighted by Crippen LogP contribution is -2.21. The van der Waals surface area contributed by atoms with Crippen LogP contribution in [0.15, 0.2) is 72.1 Å². The van der Waals surface area contributed by atoms with Gasteiger partial charge in [-0.1, -0.05) is 18.2 Å². The van der Waals surface area contributed by atoms with Crippen LogP contribution in [0.3, 0.4) is 0 Å². The number of carbonyl (C=O) groups excluding carboxylic acids is 1. The molecule has 0 spiro atoms. The summed E-state index contributed by atoms with van der Waals surface area (Å²) in [7, 11) is 3.20. The molecule has 0 bridgehead atoms. The Morgan fingerprint density at radius 1 is 1.00 bits per heavy atom. The van der Waals surface area contributed by atoms with Gasteiger partial charge in [0.2, 0.25) is 0 Å². The van der Waals surface area contributed by atoms with E-state index in [1.165, 1.54) is 0 Å². The molecule has 0 aliphatic rings. The molecule has 0 saturated heterocycles. The molecule has 2 aromatic carbocycles. The summed E-state index contributed by atoms with van der Waals surface area (Å²) in [6, 6.07) is 17.0. The SMILES string of the molecule is COc1ccc(C/C(C)=N\NC(=O)c2ccccc2-n2cccc2)cc1OC. The van der Waals surface area contributed by atoms with Crippen molar-refractivity contribution in [2.45, 2.75) is 13.3 Å². The van der Waals surface area contributed by atoms with Crippen LogP contribution in [0.25, 0.3) is 5.69 Å². The van der Waals surface area contributed by atoms with Gasteiger partial charge in [-0.25, -0.2) is 5.43 Å². The van der Waals surface area contributed by atoms with Crippen molar-refractivity contribution in [3.63, 3.8) is 0 Å². The summed E-state index contributed by atoms with van der Waals surface area (Å²) >= 11 is 0. The maximum atomic E-state index is 12.6. The molecule has 3 aromatic rings. The number of amides is 1. The van der Waals surface area contributed by atoms with E-state index in [0.717, 1.165) is 17.0 Å². The van der Waals surface area contributed by atoms with Gasteiger partial charge in [0.1, 0.15) is 0 Å². The second kappa shape index (κ2) is 8.90. The summed E-state index contributed by atoms with van der Waals surface area (Å²) in [6.45, 7) is 1.87. The number of benzene rings is 2. The van der Waals surface area contributed by atoms with Gasteiger partial charge in [0.05, 0.1) is 25.5 Å². The number of hydrazone groups is 1. The van der Waals surface area contributed by atoms with Crippen LogP contribution in [0, 0.1) is 0 Å². The van der Waals surface area contributed by atoms with Gasteiger partial charge in [-0.2, -0.15) is 5.10 Å². The van der Waals surface area contributed by atoms with Gasteiger partial charge in [-0.3, -0.25) is 4.79 Å². The van der Waals surface area contributed by atoms with Gasteiger partial charge in [0, 0.05) is 24.5 Å². The lowest BCUT2D eigenvalue weighted by atomic mass is 10.1. The number of nitrogens with one attached hydrogen (secondary N) is 1. The van der Waals surface area contributed by atoms with Crippen LogP contribution in [0.2, 0.25) is 0 Å². The number of ether oxygens (including phenoxy) is 2. The predicted molar refractivity (Wildman–Crippen MR) is 110 cm³/mol. The van der Waals surface area contributed by atoms with E-state index in [9.17, 15) is 4.79 Å². The van der Waals surface area contributed by atoms with Crippen LogP contribution in [0.1, 0.15) is 22.8 Å². The van der Waals surface area contributed by atoms with Crippen molar-refractivity contribution < 1.29 is 14.3 Å². The summed E-state index contributed by atoms with van der Waals surface area (Å²) in [5, 5.41) is 4.25. The van der Waals surface area contributed by atoms with Crippen molar-refractivity contribution >= 4 is 11.6 Å². The van der Waals surface area contributed by atoms with Gasteiger partial charge in [0.25, 0.3) is 5.91 Å². The van der Waals surface area contributed by atoms with E-state index in [0.29, 0.717) is 23.5 Å². The minimum Gasteiger partial charge on any atom is -0.493 e. The highest BCUT2D eigenvalue weighted by atomic mass is 16.5. The van der Waals surface area contributed by atoms with E-state index in [1.807, 2.05) is 72.4 Å². The molecule has 0 fully saturated rings. The Morgan fingerprint density at radius 2 is 1.71 bits per heavy atom. The third-order valence-electron chi connectivity index (χ3n) is 4.29. The number of para-hydroxylation sites is 1. The summed E-state index contributed by atoms with van der Waals surface area (Å²) < 4.78 is 12.5. The molecule has 6 heteroatoms. The molecule has 0 radical (unpaired) electrons. The summed E-state index contributed by atoms with van der Waals surface area (Å²) in [5.74, 6) is 1.09. The van der Waals surface area contributed by atoms with E-state index in [-0.39, 0.29) is 5.91 Å². The minimum absolute atomic E-state index is 0.254. The molecule has 3 rings (SSSR count). The molecule has 1 N–H and O–H groups in total. The third-order valence-corrected chi connectivity index (χ3v) is 4.29. The average Bonchev–Trinajstić information content (AvgIpc) is 3.26. The molecule has 28 heavy (non-hydrogen) atoms. The molecule has 1 heterocycles. The monoisotopic (exact) mass is 377 g/mol. The molecule has 1 aromatic heterocycles. The second-order valence-corrected chi connectivity index (χ2v) is 6.26. The number of nitrogens with zero attached hydrogens (tertiary/aromatic N) is 2. The van der Waals surface area contributed by atoms with Crippen molar-refractivity contribution in [1.82, 2.24) is 9.99 Å². The Bertz CT molecular complexity index is 978. The fraction of sp³-hybridized carbons (Fsp3) is 0.182. The van der Waals surface area contributed by atoms with E-state index >= 15 is 0 Å². The normalized spacial score (nSPS) is 11.2. The Labute approximate surface area is 164 Å². The molecule has 1 amide bonds. The van der Waals surface area contributed by atoms with Crippen LogP contribution < -0.4 is 14.9 Å². The lowest BCUT2D eigenvalue weighted by molar-refractivity contribution is 0.0954. The molecule has 6 nitrogen and oxygen atoms in total. The van der Waals surface area contributed by atoms with Gasteiger partial charge in [-0.15, -0.1) is 0 Å². The summed E-state index contributed by atoms with van der Waals surface area (Å²) in [5.41, 5.74) is 5.80. The van der Waals surface area contributed by atoms with Crippen molar-refractivity contribution in [2.75, 3.05) is 14.2 Å². The highest BCUT2D eigenvalue weighted by molar-refractivity contribution is 5.98. The zero-order chi connectivity index (χ0) is 19.9. The predicted octanol–water partition coefficient (Wildman–Crippen LogP) is 3.84. The molecule has 0 saturated carbocycles. The molecule has 144 valence electrons. The minimum atomic E-state index is -0.254. The van der Waals surface area contributed by atoms with Gasteiger partial charge in [-0.05, 0) is 48.9 Å². The quantitative estimate of drug-likeness (QED) is 0.503. The number of methoxy groups -OCH3 is 2. The first-order valence-electron chi connectivity index (χ1n) is 8.89. The van der Waals surface area contributed by atoms with E-state index < -0.39 is 0 Å². The van der Waals surface area contributed by atoms with Crippen LogP contribution >= 0.6 is 0 Å². The average molecular weight is 377 g/mol. The first-order chi connectivity index (χ1) is 13.6. The lowest BCUT2D eigenvalue weighted by Gasteiger charge is -2.10. The second-order valence-electron chi connectivity index (χ2n) is 6.26. The highest BCUT2D eigenvalue weighted by Crippen LogP contribution is 2.27. The first-order valence-corrected chi connectivity index (χ1v) is 8.89. The Morgan fingerprint density at radius 3 is 2.43 bits per heavy atom. The van der Waals surface area contributed by atoms with Crippen LogP contribution in [-0.4, -0.2) is 30.4 Å². The molecule has 0 atom stereocenters. The standard InChI is InChI=1S/C22H23N3O3/c1-16(14-17-10-11-20(27-2)21(15-17)28-3)23-24-22(26)18-8-4-5-9-19(18)25-12-6-7-13-25/h4-13,15H,14H2,1-3H3,(H,24,26)/b23-16-. The third kappa shape index (κ3) is 4.40. The van der Waals surface area contributed by atoms with Crippen molar-refractivity contribution in [3.8, 4) is 17.2 Å². The zero-order valence-corrected chi connectivity index (χ0v) is 16.2. The van der Waals surface area contributed by atoms with Crippen molar-refractivity contribution in [1.29, 1.82) is 0 Å². The summed E-state index contributed by atoms with van der Waals surface area (Å²) in [6.07, 6.45) is 4.38. The first kappa shape index (κ1) is 19.2. The number of hydrogen-bond donors (Lipinski definition) is 1. The maximum Gasteiger partial charge on any atom is 0.273 e. The smallest absolute Gasteiger partial charge is 0.273 e. The fourth-order valence-electron chi connectivity index (χ4n) is 2.92. The number of carbonyl (C=O) groups is 1. The summed E-state index contributed by atoms with van der Waals surface area (Å²) in [4.78, 5) is 12.6.